The largest absolute Gasteiger partial charge is 0.454 e. The lowest BCUT2D eigenvalue weighted by Crippen LogP contribution is -2.81. The highest BCUT2D eigenvalue weighted by Crippen LogP contribution is 2.34. The minimum Gasteiger partial charge on any atom is -0.454 e. The molecular weight excluding hydrogens is 290 g/mol. The van der Waals surface area contributed by atoms with E-state index < -0.39 is 0 Å². The Balaban J connectivity index is 1.40. The third-order valence-electron chi connectivity index (χ3n) is 3.71. The SMILES string of the molecule is c1cc2c(cc1CSc1nnc([C@@H]3CCC[NH2+]3)o1)OCO2. The van der Waals surface area contributed by atoms with Crippen LogP contribution >= 0.6 is 11.8 Å². The van der Waals surface area contributed by atoms with E-state index in [4.69, 9.17) is 13.9 Å². The van der Waals surface area contributed by atoms with E-state index >= 15 is 0 Å². The molecule has 1 fully saturated rings. The van der Waals surface area contributed by atoms with Crippen LogP contribution in [-0.2, 0) is 5.75 Å². The summed E-state index contributed by atoms with van der Waals surface area (Å²) in [6.45, 7) is 1.45. The van der Waals surface area contributed by atoms with Gasteiger partial charge in [0.2, 0.25) is 6.79 Å². The van der Waals surface area contributed by atoms with Crippen LogP contribution in [0.5, 0.6) is 11.5 Å². The maximum absolute atomic E-state index is 5.74. The van der Waals surface area contributed by atoms with Gasteiger partial charge in [-0.15, -0.1) is 10.2 Å². The van der Waals surface area contributed by atoms with E-state index in [1.165, 1.54) is 6.42 Å². The molecule has 4 rings (SSSR count). The van der Waals surface area contributed by atoms with Gasteiger partial charge in [0.1, 0.15) is 0 Å². The molecular formula is C14H16N3O3S+. The Bertz CT molecular complexity index is 640. The van der Waals surface area contributed by atoms with Crippen molar-refractivity contribution in [3.05, 3.63) is 29.7 Å². The van der Waals surface area contributed by atoms with Crippen molar-refractivity contribution < 1.29 is 19.2 Å². The molecule has 1 atom stereocenters. The number of rotatable bonds is 4. The number of hydrogen-bond acceptors (Lipinski definition) is 6. The van der Waals surface area contributed by atoms with Crippen molar-refractivity contribution in [1.82, 2.24) is 10.2 Å². The van der Waals surface area contributed by atoms with Gasteiger partial charge in [0, 0.05) is 18.6 Å². The number of thioether (sulfide) groups is 1. The van der Waals surface area contributed by atoms with Crippen molar-refractivity contribution in [1.29, 1.82) is 0 Å². The summed E-state index contributed by atoms with van der Waals surface area (Å²) < 4.78 is 16.4. The Kier molecular flexibility index (Phi) is 3.44. The molecule has 110 valence electrons. The Morgan fingerprint density at radius 3 is 3.10 bits per heavy atom. The molecule has 2 N–H and O–H groups in total. The fraction of sp³-hybridized carbons (Fsp3) is 0.429. The first-order chi connectivity index (χ1) is 10.4. The number of nitrogens with zero attached hydrogens (tertiary/aromatic N) is 2. The highest BCUT2D eigenvalue weighted by molar-refractivity contribution is 7.98. The fourth-order valence-corrected chi connectivity index (χ4v) is 3.32. The lowest BCUT2D eigenvalue weighted by atomic mass is 10.2. The van der Waals surface area contributed by atoms with E-state index in [2.05, 4.69) is 15.5 Å². The molecule has 6 nitrogen and oxygen atoms in total. The van der Waals surface area contributed by atoms with E-state index in [9.17, 15) is 0 Å². The summed E-state index contributed by atoms with van der Waals surface area (Å²) in [4.78, 5) is 0. The minimum absolute atomic E-state index is 0.302. The maximum atomic E-state index is 5.74. The number of benzene rings is 1. The number of nitrogens with two attached hydrogens (primary N) is 1. The zero-order valence-electron chi connectivity index (χ0n) is 11.4. The number of hydrogen-bond donors (Lipinski definition) is 1. The fourth-order valence-electron chi connectivity index (χ4n) is 2.60. The summed E-state index contributed by atoms with van der Waals surface area (Å²) in [5, 5.41) is 11.2. The van der Waals surface area contributed by atoms with Gasteiger partial charge in [0.05, 0.1) is 6.54 Å². The number of ether oxygens (including phenoxy) is 2. The molecule has 2 aromatic rings. The summed E-state index contributed by atoms with van der Waals surface area (Å²) >= 11 is 1.55. The number of quaternary nitrogens is 1. The van der Waals surface area contributed by atoms with Gasteiger partial charge in [-0.2, -0.15) is 0 Å². The van der Waals surface area contributed by atoms with Gasteiger partial charge < -0.3 is 19.2 Å². The average Bonchev–Trinajstić information content (AvgIpc) is 3.24. The van der Waals surface area contributed by atoms with Gasteiger partial charge in [0.25, 0.3) is 11.1 Å². The van der Waals surface area contributed by atoms with E-state index in [0.717, 1.165) is 41.7 Å². The second-order valence-electron chi connectivity index (χ2n) is 5.16. The molecule has 0 saturated carbocycles. The normalized spacial score (nSPS) is 20.1. The van der Waals surface area contributed by atoms with Crippen molar-refractivity contribution in [2.24, 2.45) is 0 Å². The predicted octanol–water partition coefficient (Wildman–Crippen LogP) is 1.49. The molecule has 2 aliphatic heterocycles. The second kappa shape index (κ2) is 5.57. The van der Waals surface area contributed by atoms with Crippen LogP contribution in [0.25, 0.3) is 0 Å². The molecule has 1 saturated heterocycles. The molecule has 7 heteroatoms. The van der Waals surface area contributed by atoms with Crippen molar-refractivity contribution in [3.8, 4) is 11.5 Å². The molecule has 0 bridgehead atoms. The van der Waals surface area contributed by atoms with E-state index in [0.29, 0.717) is 18.1 Å². The van der Waals surface area contributed by atoms with Crippen LogP contribution in [0.4, 0.5) is 0 Å². The Morgan fingerprint density at radius 1 is 1.24 bits per heavy atom. The summed E-state index contributed by atoms with van der Waals surface area (Å²) in [5.41, 5.74) is 1.15. The van der Waals surface area contributed by atoms with Crippen LogP contribution in [0.1, 0.15) is 30.3 Å². The summed E-state index contributed by atoms with van der Waals surface area (Å²) in [7, 11) is 0. The smallest absolute Gasteiger partial charge is 0.277 e. The van der Waals surface area contributed by atoms with Crippen LogP contribution in [0.2, 0.25) is 0 Å². The summed E-state index contributed by atoms with van der Waals surface area (Å²) in [5.74, 6) is 3.13. The Labute approximate surface area is 126 Å². The van der Waals surface area contributed by atoms with Crippen LogP contribution in [0.15, 0.2) is 27.8 Å². The Morgan fingerprint density at radius 2 is 2.19 bits per heavy atom. The lowest BCUT2D eigenvalue weighted by molar-refractivity contribution is -0.678. The number of aromatic nitrogens is 2. The van der Waals surface area contributed by atoms with Crippen molar-refractivity contribution in [2.75, 3.05) is 13.3 Å². The molecule has 0 unspecified atom stereocenters. The van der Waals surface area contributed by atoms with Crippen molar-refractivity contribution in [3.63, 3.8) is 0 Å². The zero-order chi connectivity index (χ0) is 14.1. The van der Waals surface area contributed by atoms with Crippen LogP contribution in [0.3, 0.4) is 0 Å². The quantitative estimate of drug-likeness (QED) is 0.863. The standard InChI is InChI=1S/C14H15N3O3S/c1-2-10(15-5-1)13-16-17-14(20-13)21-7-9-3-4-11-12(6-9)19-8-18-11/h3-4,6,10,15H,1-2,5,7-8H2/p+1/t10-/m0/s1. The van der Waals surface area contributed by atoms with Crippen molar-refractivity contribution in [2.45, 2.75) is 29.9 Å². The first-order valence-corrected chi connectivity index (χ1v) is 8.05. The van der Waals surface area contributed by atoms with Gasteiger partial charge in [-0.25, -0.2) is 0 Å². The van der Waals surface area contributed by atoms with Crippen LogP contribution < -0.4 is 14.8 Å². The highest BCUT2D eigenvalue weighted by Gasteiger charge is 2.26. The number of fused-ring (bicyclic) bond motifs is 1. The molecule has 21 heavy (non-hydrogen) atoms. The minimum atomic E-state index is 0.302. The summed E-state index contributed by atoms with van der Waals surface area (Å²) in [6, 6.07) is 6.31. The van der Waals surface area contributed by atoms with Gasteiger partial charge in [-0.3, -0.25) is 0 Å². The molecule has 1 aromatic heterocycles. The third-order valence-corrected chi connectivity index (χ3v) is 4.60. The van der Waals surface area contributed by atoms with Crippen molar-refractivity contribution >= 4 is 11.8 Å². The average molecular weight is 306 g/mol. The highest BCUT2D eigenvalue weighted by atomic mass is 32.2. The summed E-state index contributed by atoms with van der Waals surface area (Å²) in [6.07, 6.45) is 2.33. The molecule has 0 aliphatic carbocycles. The first kappa shape index (κ1) is 13.0. The Hall–Kier alpha value is -1.73. The molecule has 0 spiro atoms. The van der Waals surface area contributed by atoms with Gasteiger partial charge >= 0.3 is 0 Å². The van der Waals surface area contributed by atoms with Crippen LogP contribution in [-0.4, -0.2) is 23.5 Å². The topological polar surface area (TPSA) is 74.0 Å². The molecule has 0 amide bonds. The zero-order valence-corrected chi connectivity index (χ0v) is 12.3. The van der Waals surface area contributed by atoms with Gasteiger partial charge in [-0.05, 0) is 17.7 Å². The molecule has 2 aliphatic rings. The predicted molar refractivity (Wildman–Crippen MR) is 75.2 cm³/mol. The molecule has 0 radical (unpaired) electrons. The maximum Gasteiger partial charge on any atom is 0.277 e. The second-order valence-corrected chi connectivity index (χ2v) is 6.08. The van der Waals surface area contributed by atoms with E-state index in [1.807, 2.05) is 18.2 Å². The molecule has 3 heterocycles. The lowest BCUT2D eigenvalue weighted by Gasteiger charge is -2.01. The third kappa shape index (κ3) is 2.71. The van der Waals surface area contributed by atoms with E-state index in [-0.39, 0.29) is 0 Å². The monoisotopic (exact) mass is 306 g/mol. The van der Waals surface area contributed by atoms with Crippen LogP contribution in [0, 0.1) is 0 Å². The van der Waals surface area contributed by atoms with Gasteiger partial charge in [0.15, 0.2) is 17.5 Å². The van der Waals surface area contributed by atoms with Gasteiger partial charge in [-0.1, -0.05) is 17.8 Å². The van der Waals surface area contributed by atoms with E-state index in [1.54, 1.807) is 11.8 Å². The first-order valence-electron chi connectivity index (χ1n) is 7.06. The molecule has 1 aromatic carbocycles.